The molecule has 0 spiro atoms. The van der Waals surface area contributed by atoms with Crippen molar-refractivity contribution in [2.75, 3.05) is 6.61 Å². The molecule has 1 fully saturated rings. The van der Waals surface area contributed by atoms with Crippen LogP contribution < -0.4 is 5.32 Å². The van der Waals surface area contributed by atoms with Crippen LogP contribution in [0.3, 0.4) is 0 Å². The fourth-order valence-electron chi connectivity index (χ4n) is 1.24. The summed E-state index contributed by atoms with van der Waals surface area (Å²) in [7, 11) is 0. The highest BCUT2D eigenvalue weighted by molar-refractivity contribution is 6.32. The largest absolute Gasteiger partial charge is 0.452 e. The van der Waals surface area contributed by atoms with Gasteiger partial charge < -0.3 is 10.1 Å². The van der Waals surface area contributed by atoms with Gasteiger partial charge in [0.1, 0.15) is 5.15 Å². The minimum absolute atomic E-state index is 0.0695. The fourth-order valence-corrected chi connectivity index (χ4v) is 1.44. The zero-order chi connectivity index (χ0) is 12.3. The number of pyridine rings is 1. The minimum atomic E-state index is -0.644. The average molecular weight is 255 g/mol. The van der Waals surface area contributed by atoms with Crippen molar-refractivity contribution in [2.45, 2.75) is 18.9 Å². The number of hydrogen-bond acceptors (Lipinski definition) is 4. The maximum Gasteiger partial charge on any atom is 0.341 e. The van der Waals surface area contributed by atoms with Crippen molar-refractivity contribution in [1.29, 1.82) is 0 Å². The van der Waals surface area contributed by atoms with Crippen molar-refractivity contribution in [3.05, 3.63) is 29.0 Å². The van der Waals surface area contributed by atoms with Crippen LogP contribution in [0.4, 0.5) is 0 Å². The van der Waals surface area contributed by atoms with Crippen LogP contribution in [-0.4, -0.2) is 29.5 Å². The van der Waals surface area contributed by atoms with Gasteiger partial charge in [-0.05, 0) is 25.0 Å². The Balaban J connectivity index is 1.84. The maximum absolute atomic E-state index is 11.5. The molecule has 1 N–H and O–H groups in total. The number of carbonyl (C=O) groups excluding carboxylic acids is 2. The highest BCUT2D eigenvalue weighted by Gasteiger charge is 2.23. The molecule has 0 aliphatic heterocycles. The second kappa shape index (κ2) is 5.14. The molecule has 0 radical (unpaired) electrons. The predicted molar refractivity (Wildman–Crippen MR) is 60.7 cm³/mol. The molecular weight excluding hydrogens is 244 g/mol. The Kier molecular flexibility index (Phi) is 3.58. The highest BCUT2D eigenvalue weighted by Crippen LogP contribution is 2.18. The molecule has 0 bridgehead atoms. The van der Waals surface area contributed by atoms with Crippen molar-refractivity contribution >= 4 is 23.5 Å². The average Bonchev–Trinajstić information content (AvgIpc) is 3.10. The van der Waals surface area contributed by atoms with E-state index < -0.39 is 5.97 Å². The molecule has 1 aliphatic rings. The lowest BCUT2D eigenvalue weighted by Gasteiger charge is -2.05. The molecule has 1 aromatic rings. The third-order valence-electron chi connectivity index (χ3n) is 2.26. The predicted octanol–water partition coefficient (Wildman–Crippen LogP) is 1.17. The lowest BCUT2D eigenvalue weighted by atomic mass is 10.3. The first kappa shape index (κ1) is 11.9. The number of hydrogen-bond donors (Lipinski definition) is 1. The quantitative estimate of drug-likeness (QED) is 0.647. The molecule has 1 aliphatic carbocycles. The lowest BCUT2D eigenvalue weighted by Crippen LogP contribution is -2.30. The van der Waals surface area contributed by atoms with E-state index in [1.165, 1.54) is 12.3 Å². The van der Waals surface area contributed by atoms with Gasteiger partial charge in [-0.3, -0.25) is 4.79 Å². The van der Waals surface area contributed by atoms with Gasteiger partial charge in [0.2, 0.25) is 0 Å². The number of aromatic nitrogens is 1. The molecule has 0 unspecified atom stereocenters. The van der Waals surface area contributed by atoms with E-state index in [1.54, 1.807) is 6.07 Å². The monoisotopic (exact) mass is 254 g/mol. The number of esters is 1. The Labute approximate surface area is 103 Å². The Bertz CT molecular complexity index is 446. The highest BCUT2D eigenvalue weighted by atomic mass is 35.5. The number of nitrogens with zero attached hydrogens (tertiary/aromatic N) is 1. The second-order valence-electron chi connectivity index (χ2n) is 3.76. The van der Waals surface area contributed by atoms with E-state index in [2.05, 4.69) is 10.3 Å². The summed E-state index contributed by atoms with van der Waals surface area (Å²) in [6, 6.07) is 3.33. The standard InChI is InChI=1S/C11H11ClN2O3/c12-10-8(2-1-5-13-10)11(16)17-6-9(15)14-7-3-4-7/h1-2,5,7H,3-4,6H2,(H,14,15). The van der Waals surface area contributed by atoms with E-state index in [9.17, 15) is 9.59 Å². The number of amides is 1. The molecule has 1 heterocycles. The van der Waals surface area contributed by atoms with Crippen LogP contribution in [0.25, 0.3) is 0 Å². The molecule has 1 saturated carbocycles. The summed E-state index contributed by atoms with van der Waals surface area (Å²) >= 11 is 5.72. The van der Waals surface area contributed by atoms with Gasteiger partial charge in [0.25, 0.3) is 5.91 Å². The molecule has 0 saturated heterocycles. The van der Waals surface area contributed by atoms with Crippen LogP contribution in [0.2, 0.25) is 5.15 Å². The molecular formula is C11H11ClN2O3. The van der Waals surface area contributed by atoms with E-state index in [0.717, 1.165) is 12.8 Å². The van der Waals surface area contributed by atoms with Gasteiger partial charge in [-0.1, -0.05) is 11.6 Å². The van der Waals surface area contributed by atoms with Crippen molar-refractivity contribution in [2.24, 2.45) is 0 Å². The van der Waals surface area contributed by atoms with Crippen molar-refractivity contribution in [1.82, 2.24) is 10.3 Å². The SMILES string of the molecule is O=C(COC(=O)c1cccnc1Cl)NC1CC1. The Morgan fingerprint density at radius 2 is 2.29 bits per heavy atom. The summed E-state index contributed by atoms with van der Waals surface area (Å²) in [5, 5.41) is 2.78. The van der Waals surface area contributed by atoms with Gasteiger partial charge in [0, 0.05) is 12.2 Å². The number of carbonyl (C=O) groups is 2. The van der Waals surface area contributed by atoms with Crippen LogP contribution in [0, 0.1) is 0 Å². The van der Waals surface area contributed by atoms with E-state index in [0.29, 0.717) is 0 Å². The van der Waals surface area contributed by atoms with Crippen LogP contribution in [0.5, 0.6) is 0 Å². The molecule has 5 nitrogen and oxygen atoms in total. The van der Waals surface area contributed by atoms with Crippen LogP contribution in [-0.2, 0) is 9.53 Å². The van der Waals surface area contributed by atoms with Gasteiger partial charge in [-0.25, -0.2) is 9.78 Å². The number of halogens is 1. The number of rotatable bonds is 4. The molecule has 0 aromatic carbocycles. The zero-order valence-corrected chi connectivity index (χ0v) is 9.74. The van der Waals surface area contributed by atoms with Crippen LogP contribution >= 0.6 is 11.6 Å². The Morgan fingerprint density at radius 1 is 1.53 bits per heavy atom. The van der Waals surface area contributed by atoms with Crippen LogP contribution in [0.15, 0.2) is 18.3 Å². The molecule has 1 aromatic heterocycles. The third-order valence-corrected chi connectivity index (χ3v) is 2.56. The molecule has 17 heavy (non-hydrogen) atoms. The van der Waals surface area contributed by atoms with Gasteiger partial charge in [0.15, 0.2) is 6.61 Å². The first-order valence-corrected chi connectivity index (χ1v) is 5.61. The Morgan fingerprint density at radius 3 is 2.94 bits per heavy atom. The summed E-state index contributed by atoms with van der Waals surface area (Å²) in [6.45, 7) is -0.291. The first-order chi connectivity index (χ1) is 8.16. The molecule has 90 valence electrons. The van der Waals surface area contributed by atoms with E-state index in [1.807, 2.05) is 0 Å². The first-order valence-electron chi connectivity index (χ1n) is 5.24. The number of ether oxygens (including phenoxy) is 1. The maximum atomic E-state index is 11.5. The zero-order valence-electron chi connectivity index (χ0n) is 8.98. The second-order valence-corrected chi connectivity index (χ2v) is 4.12. The molecule has 1 amide bonds. The summed E-state index contributed by atoms with van der Waals surface area (Å²) in [6.07, 6.45) is 3.46. The third kappa shape index (κ3) is 3.42. The normalized spacial score (nSPS) is 14.2. The van der Waals surface area contributed by atoms with Crippen molar-refractivity contribution in [3.8, 4) is 0 Å². The number of nitrogens with one attached hydrogen (secondary N) is 1. The van der Waals surface area contributed by atoms with Gasteiger partial charge in [-0.2, -0.15) is 0 Å². The van der Waals surface area contributed by atoms with Gasteiger partial charge >= 0.3 is 5.97 Å². The van der Waals surface area contributed by atoms with E-state index in [4.69, 9.17) is 16.3 Å². The summed E-state index contributed by atoms with van der Waals surface area (Å²) in [5.41, 5.74) is 0.161. The Hall–Kier alpha value is -1.62. The van der Waals surface area contributed by atoms with Crippen molar-refractivity contribution < 1.29 is 14.3 Å². The minimum Gasteiger partial charge on any atom is -0.452 e. The molecule has 6 heteroatoms. The summed E-state index contributed by atoms with van der Waals surface area (Å²) in [4.78, 5) is 26.6. The smallest absolute Gasteiger partial charge is 0.341 e. The molecule has 0 atom stereocenters. The van der Waals surface area contributed by atoms with Crippen molar-refractivity contribution in [3.63, 3.8) is 0 Å². The lowest BCUT2D eigenvalue weighted by molar-refractivity contribution is -0.124. The molecule has 2 rings (SSSR count). The topological polar surface area (TPSA) is 68.3 Å². The van der Waals surface area contributed by atoms with E-state index in [-0.39, 0.29) is 29.3 Å². The van der Waals surface area contributed by atoms with Crippen LogP contribution in [0.1, 0.15) is 23.2 Å². The van der Waals surface area contributed by atoms with Gasteiger partial charge in [0.05, 0.1) is 5.56 Å². The summed E-state index contributed by atoms with van der Waals surface area (Å²) < 4.78 is 4.82. The van der Waals surface area contributed by atoms with E-state index >= 15 is 0 Å². The fraction of sp³-hybridized carbons (Fsp3) is 0.364. The summed E-state index contributed by atoms with van der Waals surface area (Å²) in [5.74, 6) is -0.935. The van der Waals surface area contributed by atoms with Gasteiger partial charge in [-0.15, -0.1) is 0 Å².